The van der Waals surface area contributed by atoms with Crippen LogP contribution in [0.2, 0.25) is 0 Å². The highest BCUT2D eigenvalue weighted by Crippen LogP contribution is 2.27. The number of nitrogens with one attached hydrogen (secondary N) is 1. The zero-order chi connectivity index (χ0) is 20.6. The number of aliphatic imine (C=N–C) groups is 1. The summed E-state index contributed by atoms with van der Waals surface area (Å²) in [4.78, 5) is 22.0. The first-order valence-electron chi connectivity index (χ1n) is 10.4. The molecule has 2 aliphatic rings. The van der Waals surface area contributed by atoms with E-state index < -0.39 is 0 Å². The zero-order valence-corrected chi connectivity index (χ0v) is 20.9. The normalized spacial score (nSPS) is 22.3. The highest BCUT2D eigenvalue weighted by Gasteiger charge is 2.27. The second-order valence-electron chi connectivity index (χ2n) is 7.54. The lowest BCUT2D eigenvalue weighted by atomic mass is 10.1. The number of carbonyl (C=O) groups is 1. The molecule has 0 aliphatic carbocycles. The molecule has 2 atom stereocenters. The maximum Gasteiger partial charge on any atom is 0.409 e. The molecule has 3 N–H and O–H groups in total. The number of likely N-dealkylation sites (tertiary alicyclic amines) is 1. The van der Waals surface area contributed by atoms with E-state index in [9.17, 15) is 4.79 Å². The van der Waals surface area contributed by atoms with Gasteiger partial charge in [-0.25, -0.2) is 4.79 Å². The Kier molecular flexibility index (Phi) is 10.6. The number of halogens is 1. The predicted molar refractivity (Wildman–Crippen MR) is 131 cm³/mol. The van der Waals surface area contributed by atoms with Crippen molar-refractivity contribution in [3.8, 4) is 0 Å². The molecule has 2 aliphatic heterocycles. The fourth-order valence-electron chi connectivity index (χ4n) is 3.86. The summed E-state index contributed by atoms with van der Waals surface area (Å²) < 4.78 is 10.8. The van der Waals surface area contributed by atoms with Crippen molar-refractivity contribution in [1.29, 1.82) is 0 Å². The lowest BCUT2D eigenvalue weighted by molar-refractivity contribution is -0.0327. The summed E-state index contributed by atoms with van der Waals surface area (Å²) in [6.07, 6.45) is 1.68. The number of nitrogens with two attached hydrogens (primary N) is 1. The first-order chi connectivity index (χ1) is 14.1. The Bertz CT molecular complexity index is 667. The lowest BCUT2D eigenvalue weighted by Crippen LogP contribution is -2.49. The van der Waals surface area contributed by atoms with Crippen molar-refractivity contribution in [1.82, 2.24) is 15.1 Å². The molecular formula is C20H34IN5O3S. The van der Waals surface area contributed by atoms with Crippen LogP contribution >= 0.6 is 35.3 Å². The molecule has 10 heteroatoms. The van der Waals surface area contributed by atoms with Crippen molar-refractivity contribution >= 4 is 47.4 Å². The molecule has 2 saturated heterocycles. The lowest BCUT2D eigenvalue weighted by Gasteiger charge is -2.36. The number of piperidine rings is 1. The minimum Gasteiger partial charge on any atom is -0.450 e. The average molecular weight is 551 g/mol. The van der Waals surface area contributed by atoms with Gasteiger partial charge in [-0.1, -0.05) is 6.07 Å². The molecule has 170 valence electrons. The van der Waals surface area contributed by atoms with Gasteiger partial charge in [0.1, 0.15) is 0 Å². The summed E-state index contributed by atoms with van der Waals surface area (Å²) >= 11 is 1.76. The van der Waals surface area contributed by atoms with E-state index in [1.54, 1.807) is 16.2 Å². The smallest absolute Gasteiger partial charge is 0.409 e. The molecule has 1 aromatic rings. The second-order valence-corrected chi connectivity index (χ2v) is 8.52. The summed E-state index contributed by atoms with van der Waals surface area (Å²) in [5, 5.41) is 5.44. The minimum atomic E-state index is -0.230. The van der Waals surface area contributed by atoms with Gasteiger partial charge in [0.2, 0.25) is 0 Å². The van der Waals surface area contributed by atoms with E-state index in [2.05, 4.69) is 39.6 Å². The number of morpholine rings is 1. The fourth-order valence-corrected chi connectivity index (χ4v) is 4.71. The molecule has 1 aromatic heterocycles. The van der Waals surface area contributed by atoms with Gasteiger partial charge in [0, 0.05) is 37.1 Å². The number of hydrogen-bond donors (Lipinski definition) is 2. The van der Waals surface area contributed by atoms with Crippen LogP contribution in [0.3, 0.4) is 0 Å². The first-order valence-corrected chi connectivity index (χ1v) is 11.3. The Labute approximate surface area is 200 Å². The van der Waals surface area contributed by atoms with Gasteiger partial charge in [-0.2, -0.15) is 0 Å². The summed E-state index contributed by atoms with van der Waals surface area (Å²) in [5.74, 6) is 0.474. The van der Waals surface area contributed by atoms with Crippen LogP contribution in [0.1, 0.15) is 37.6 Å². The number of carbonyl (C=O) groups excluding carboxylic acids is 1. The fraction of sp³-hybridized carbons (Fsp3) is 0.700. The topological polar surface area (TPSA) is 92.4 Å². The van der Waals surface area contributed by atoms with Crippen molar-refractivity contribution in [2.45, 2.75) is 44.9 Å². The van der Waals surface area contributed by atoms with Gasteiger partial charge < -0.3 is 25.4 Å². The Morgan fingerprint density at radius 3 is 2.83 bits per heavy atom. The van der Waals surface area contributed by atoms with Crippen LogP contribution in [0.15, 0.2) is 22.5 Å². The average Bonchev–Trinajstić information content (AvgIpc) is 3.23. The van der Waals surface area contributed by atoms with Crippen LogP contribution in [-0.4, -0.2) is 79.9 Å². The second kappa shape index (κ2) is 12.7. The van der Waals surface area contributed by atoms with Crippen LogP contribution in [0.25, 0.3) is 0 Å². The predicted octanol–water partition coefficient (Wildman–Crippen LogP) is 2.65. The van der Waals surface area contributed by atoms with E-state index in [0.29, 0.717) is 32.2 Å². The van der Waals surface area contributed by atoms with Crippen LogP contribution in [0.5, 0.6) is 0 Å². The van der Waals surface area contributed by atoms with Gasteiger partial charge in [0.15, 0.2) is 5.96 Å². The molecule has 2 unspecified atom stereocenters. The molecule has 8 nitrogen and oxygen atoms in total. The van der Waals surface area contributed by atoms with Gasteiger partial charge in [-0.3, -0.25) is 9.89 Å². The summed E-state index contributed by atoms with van der Waals surface area (Å²) in [6, 6.07) is 4.69. The number of ether oxygens (including phenoxy) is 2. The third kappa shape index (κ3) is 7.24. The first kappa shape index (κ1) is 25.2. The highest BCUT2D eigenvalue weighted by atomic mass is 127. The molecule has 3 rings (SSSR count). The Balaban J connectivity index is 0.00000320. The third-order valence-electron chi connectivity index (χ3n) is 5.39. The van der Waals surface area contributed by atoms with Gasteiger partial charge in [-0.05, 0) is 38.1 Å². The van der Waals surface area contributed by atoms with E-state index in [1.807, 2.05) is 6.92 Å². The molecule has 3 heterocycles. The number of thiophene rings is 1. The molecule has 30 heavy (non-hydrogen) atoms. The highest BCUT2D eigenvalue weighted by molar-refractivity contribution is 14.0. The molecular weight excluding hydrogens is 517 g/mol. The SMILES string of the molecule is CCOC(=O)N1CCC(NC(N)=NCC(c2cccs2)N2CCOC(C)C2)CC1.I. The minimum absolute atomic E-state index is 0. The monoisotopic (exact) mass is 551 g/mol. The van der Waals surface area contributed by atoms with Gasteiger partial charge in [0.05, 0.1) is 31.9 Å². The van der Waals surface area contributed by atoms with Gasteiger partial charge in [0.25, 0.3) is 0 Å². The van der Waals surface area contributed by atoms with E-state index in [0.717, 1.165) is 32.5 Å². The van der Waals surface area contributed by atoms with E-state index in [-0.39, 0.29) is 48.3 Å². The summed E-state index contributed by atoms with van der Waals surface area (Å²) in [6.45, 7) is 8.86. The zero-order valence-electron chi connectivity index (χ0n) is 17.8. The molecule has 0 aromatic carbocycles. The quantitative estimate of drug-likeness (QED) is 0.321. The van der Waals surface area contributed by atoms with Crippen molar-refractivity contribution in [3.63, 3.8) is 0 Å². The number of hydrogen-bond acceptors (Lipinski definition) is 6. The largest absolute Gasteiger partial charge is 0.450 e. The van der Waals surface area contributed by atoms with Crippen molar-refractivity contribution < 1.29 is 14.3 Å². The summed E-state index contributed by atoms with van der Waals surface area (Å²) in [5.41, 5.74) is 6.20. The molecule has 0 saturated carbocycles. The van der Waals surface area contributed by atoms with Crippen LogP contribution in [0, 0.1) is 0 Å². The third-order valence-corrected chi connectivity index (χ3v) is 6.37. The van der Waals surface area contributed by atoms with E-state index >= 15 is 0 Å². The van der Waals surface area contributed by atoms with Crippen molar-refractivity contribution in [3.05, 3.63) is 22.4 Å². The summed E-state index contributed by atoms with van der Waals surface area (Å²) in [7, 11) is 0. The van der Waals surface area contributed by atoms with Crippen molar-refractivity contribution in [2.24, 2.45) is 10.7 Å². The van der Waals surface area contributed by atoms with Crippen LogP contribution < -0.4 is 11.1 Å². The molecule has 2 fully saturated rings. The molecule has 1 amide bonds. The van der Waals surface area contributed by atoms with Crippen LogP contribution in [-0.2, 0) is 9.47 Å². The number of rotatable bonds is 6. The Morgan fingerprint density at radius 1 is 1.43 bits per heavy atom. The number of guanidine groups is 1. The van der Waals surface area contributed by atoms with E-state index in [4.69, 9.17) is 15.2 Å². The molecule has 0 radical (unpaired) electrons. The van der Waals surface area contributed by atoms with Crippen LogP contribution in [0.4, 0.5) is 4.79 Å². The van der Waals surface area contributed by atoms with Gasteiger partial charge >= 0.3 is 6.09 Å². The van der Waals surface area contributed by atoms with Crippen molar-refractivity contribution in [2.75, 3.05) is 45.9 Å². The number of amides is 1. The molecule has 0 bridgehead atoms. The Morgan fingerprint density at radius 2 is 2.20 bits per heavy atom. The Hall–Kier alpha value is -1.11. The maximum atomic E-state index is 11.8. The molecule has 0 spiro atoms. The van der Waals surface area contributed by atoms with Gasteiger partial charge in [-0.15, -0.1) is 35.3 Å². The maximum absolute atomic E-state index is 11.8. The standard InChI is InChI=1S/C20H33N5O3S.HI/c1-3-27-20(26)24-8-6-16(7-9-24)23-19(21)22-13-17(18-5-4-12-29-18)25-10-11-28-15(2)14-25;/h4-5,12,15-17H,3,6-11,13-14H2,1-2H3,(H3,21,22,23);1H. The van der Waals surface area contributed by atoms with E-state index in [1.165, 1.54) is 4.88 Å². The number of nitrogens with zero attached hydrogens (tertiary/aromatic N) is 3.